The standard InChI is InChI=1S/C26H32N8O4S/c1-5-15-38-25-19(16-18(17-28-25)39(36,37)33-13-11-31(3)12-14-33)24-29-22-20(6-2)34(21-9-7-8-10-27-21)30-23(22)26(35)32(24)4/h7-10,16-17H,5-6,11-15H2,1-4H3. The van der Waals surface area contributed by atoms with Crippen LogP contribution in [0.15, 0.2) is 46.3 Å². The third-order valence-corrected chi connectivity index (χ3v) is 8.67. The SMILES string of the molecule is CCCOc1ncc(S(=O)(=O)N2CCN(C)CC2)cc1-c1nc2c(CC)n(-c3ccccn3)nc2c(=O)n1C. The molecule has 13 heteroatoms. The van der Waals surface area contributed by atoms with Crippen molar-refractivity contribution in [3.8, 4) is 23.1 Å². The zero-order valence-corrected chi connectivity index (χ0v) is 23.3. The lowest BCUT2D eigenvalue weighted by atomic mass is 10.2. The van der Waals surface area contributed by atoms with Crippen LogP contribution in [0.2, 0.25) is 0 Å². The smallest absolute Gasteiger partial charge is 0.281 e. The predicted octanol–water partition coefficient (Wildman–Crippen LogP) is 1.86. The summed E-state index contributed by atoms with van der Waals surface area (Å²) in [6.45, 7) is 6.35. The number of hydrogen-bond acceptors (Lipinski definition) is 9. The highest BCUT2D eigenvalue weighted by Crippen LogP contribution is 2.31. The average molecular weight is 553 g/mol. The number of pyridine rings is 2. The summed E-state index contributed by atoms with van der Waals surface area (Å²) in [5, 5.41) is 4.55. The van der Waals surface area contributed by atoms with Gasteiger partial charge in [0.25, 0.3) is 5.56 Å². The lowest BCUT2D eigenvalue weighted by Crippen LogP contribution is -2.47. The van der Waals surface area contributed by atoms with E-state index < -0.39 is 10.0 Å². The Bertz CT molecular complexity index is 1660. The van der Waals surface area contributed by atoms with E-state index >= 15 is 0 Å². The molecule has 0 unspecified atom stereocenters. The third kappa shape index (κ3) is 4.92. The number of fused-ring (bicyclic) bond motifs is 1. The summed E-state index contributed by atoms with van der Waals surface area (Å²) in [5.41, 5.74) is 1.30. The van der Waals surface area contributed by atoms with Crippen LogP contribution in [0, 0.1) is 0 Å². The van der Waals surface area contributed by atoms with Gasteiger partial charge in [-0.25, -0.2) is 28.1 Å². The Morgan fingerprint density at radius 3 is 2.46 bits per heavy atom. The largest absolute Gasteiger partial charge is 0.477 e. The van der Waals surface area contributed by atoms with Crippen LogP contribution in [-0.4, -0.2) is 86.8 Å². The summed E-state index contributed by atoms with van der Waals surface area (Å²) in [6, 6.07) is 6.97. The fraction of sp³-hybridized carbons (Fsp3) is 0.423. The van der Waals surface area contributed by atoms with Crippen molar-refractivity contribution in [2.24, 2.45) is 7.05 Å². The number of aryl methyl sites for hydroxylation is 1. The minimum absolute atomic E-state index is 0.0279. The molecule has 4 aromatic heterocycles. The Balaban J connectivity index is 1.70. The first kappa shape index (κ1) is 26.9. The molecular weight excluding hydrogens is 520 g/mol. The maximum absolute atomic E-state index is 13.6. The number of nitrogens with zero attached hydrogens (tertiary/aromatic N) is 8. The van der Waals surface area contributed by atoms with E-state index in [0.29, 0.717) is 61.8 Å². The molecule has 0 amide bonds. The minimum atomic E-state index is -3.81. The van der Waals surface area contributed by atoms with Crippen LogP contribution < -0.4 is 10.3 Å². The van der Waals surface area contributed by atoms with Crippen molar-refractivity contribution in [3.05, 3.63) is 52.7 Å². The molecule has 4 aromatic rings. The Kier molecular flexibility index (Phi) is 7.47. The molecule has 0 aliphatic carbocycles. The monoisotopic (exact) mass is 552 g/mol. The first-order chi connectivity index (χ1) is 18.8. The van der Waals surface area contributed by atoms with E-state index in [2.05, 4.69) is 20.0 Å². The molecule has 0 spiro atoms. The average Bonchev–Trinajstić information content (AvgIpc) is 3.33. The van der Waals surface area contributed by atoms with Crippen LogP contribution in [0.3, 0.4) is 0 Å². The van der Waals surface area contributed by atoms with Crippen molar-refractivity contribution in [2.75, 3.05) is 39.8 Å². The summed E-state index contributed by atoms with van der Waals surface area (Å²) < 4.78 is 37.4. The zero-order valence-electron chi connectivity index (χ0n) is 22.5. The molecule has 0 aromatic carbocycles. The molecule has 0 bridgehead atoms. The molecule has 0 radical (unpaired) electrons. The summed E-state index contributed by atoms with van der Waals surface area (Å²) >= 11 is 0. The van der Waals surface area contributed by atoms with E-state index in [9.17, 15) is 13.2 Å². The maximum atomic E-state index is 13.6. The van der Waals surface area contributed by atoms with E-state index in [0.717, 1.165) is 6.42 Å². The van der Waals surface area contributed by atoms with E-state index in [1.165, 1.54) is 21.1 Å². The molecule has 1 saturated heterocycles. The number of aromatic nitrogens is 6. The van der Waals surface area contributed by atoms with Gasteiger partial charge in [0.1, 0.15) is 16.2 Å². The predicted molar refractivity (Wildman–Crippen MR) is 147 cm³/mol. The van der Waals surface area contributed by atoms with Crippen molar-refractivity contribution < 1.29 is 13.2 Å². The first-order valence-electron chi connectivity index (χ1n) is 13.0. The van der Waals surface area contributed by atoms with E-state index in [-0.39, 0.29) is 27.7 Å². The van der Waals surface area contributed by atoms with Crippen LogP contribution in [0.4, 0.5) is 0 Å². The summed E-state index contributed by atoms with van der Waals surface area (Å²) in [5.74, 6) is 1.04. The normalized spacial score (nSPS) is 15.2. The maximum Gasteiger partial charge on any atom is 0.281 e. The molecule has 1 fully saturated rings. The number of rotatable bonds is 8. The van der Waals surface area contributed by atoms with Crippen molar-refractivity contribution in [1.29, 1.82) is 0 Å². The van der Waals surface area contributed by atoms with Crippen molar-refractivity contribution in [1.82, 2.24) is 38.5 Å². The number of hydrogen-bond donors (Lipinski definition) is 0. The van der Waals surface area contributed by atoms with Crippen LogP contribution >= 0.6 is 0 Å². The molecular formula is C26H32N8O4S. The van der Waals surface area contributed by atoms with Gasteiger partial charge in [-0.15, -0.1) is 0 Å². The van der Waals surface area contributed by atoms with Gasteiger partial charge >= 0.3 is 0 Å². The summed E-state index contributed by atoms with van der Waals surface area (Å²) in [6.07, 6.45) is 4.25. The lowest BCUT2D eigenvalue weighted by molar-refractivity contribution is 0.222. The number of sulfonamides is 1. The van der Waals surface area contributed by atoms with Gasteiger partial charge in [-0.1, -0.05) is 19.9 Å². The molecule has 1 aliphatic heterocycles. The van der Waals surface area contributed by atoms with Gasteiger partial charge in [0.05, 0.1) is 24.1 Å². The van der Waals surface area contributed by atoms with Crippen LogP contribution in [0.5, 0.6) is 5.88 Å². The molecule has 0 saturated carbocycles. The molecule has 5 heterocycles. The second-order valence-electron chi connectivity index (χ2n) is 9.48. The van der Waals surface area contributed by atoms with Crippen LogP contribution in [0.25, 0.3) is 28.2 Å². The van der Waals surface area contributed by atoms with Crippen LogP contribution in [0.1, 0.15) is 26.0 Å². The molecule has 5 rings (SSSR count). The molecule has 1 aliphatic rings. The molecule has 39 heavy (non-hydrogen) atoms. The van der Waals surface area contributed by atoms with Crippen molar-refractivity contribution >= 4 is 21.1 Å². The van der Waals surface area contributed by atoms with Gasteiger partial charge < -0.3 is 9.64 Å². The van der Waals surface area contributed by atoms with Crippen molar-refractivity contribution in [3.63, 3.8) is 0 Å². The third-order valence-electron chi connectivity index (χ3n) is 6.81. The molecule has 0 atom stereocenters. The zero-order chi connectivity index (χ0) is 27.7. The molecule has 206 valence electrons. The molecule has 12 nitrogen and oxygen atoms in total. The van der Waals surface area contributed by atoms with Crippen LogP contribution in [-0.2, 0) is 23.5 Å². The molecule has 0 N–H and O–H groups in total. The Labute approximate surface area is 226 Å². The van der Waals surface area contributed by atoms with E-state index in [1.54, 1.807) is 17.9 Å². The number of likely N-dealkylation sites (N-methyl/N-ethyl adjacent to an activating group) is 1. The topological polar surface area (TPSA) is 128 Å². The Hall–Kier alpha value is -3.68. The fourth-order valence-electron chi connectivity index (χ4n) is 4.59. The fourth-order valence-corrected chi connectivity index (χ4v) is 5.99. The Morgan fingerprint density at radius 1 is 1.03 bits per heavy atom. The highest BCUT2D eigenvalue weighted by Gasteiger charge is 2.30. The summed E-state index contributed by atoms with van der Waals surface area (Å²) in [4.78, 5) is 29.3. The number of piperazine rings is 1. The minimum Gasteiger partial charge on any atom is -0.477 e. The van der Waals surface area contributed by atoms with Gasteiger partial charge in [0.2, 0.25) is 15.9 Å². The van der Waals surface area contributed by atoms with Crippen molar-refractivity contribution in [2.45, 2.75) is 31.6 Å². The van der Waals surface area contributed by atoms with Gasteiger partial charge in [-0.3, -0.25) is 9.36 Å². The highest BCUT2D eigenvalue weighted by atomic mass is 32.2. The van der Waals surface area contributed by atoms with Gasteiger partial charge in [0.15, 0.2) is 11.3 Å². The highest BCUT2D eigenvalue weighted by molar-refractivity contribution is 7.89. The lowest BCUT2D eigenvalue weighted by Gasteiger charge is -2.31. The summed E-state index contributed by atoms with van der Waals surface area (Å²) in [7, 11) is -0.266. The number of ether oxygens (including phenoxy) is 1. The van der Waals surface area contributed by atoms with Gasteiger partial charge in [-0.05, 0) is 38.1 Å². The second-order valence-corrected chi connectivity index (χ2v) is 11.4. The van der Waals surface area contributed by atoms with Gasteiger partial charge in [0, 0.05) is 39.4 Å². The quantitative estimate of drug-likeness (QED) is 0.322. The second kappa shape index (κ2) is 10.8. The van der Waals surface area contributed by atoms with Gasteiger partial charge in [-0.2, -0.15) is 9.40 Å². The first-order valence-corrected chi connectivity index (χ1v) is 14.4. The Morgan fingerprint density at radius 2 is 1.79 bits per heavy atom. The van der Waals surface area contributed by atoms with E-state index in [1.807, 2.05) is 39.1 Å². The van der Waals surface area contributed by atoms with E-state index in [4.69, 9.17) is 9.72 Å².